The smallest absolute Gasteiger partial charge is 0.0292 e. The van der Waals surface area contributed by atoms with E-state index in [0.717, 1.165) is 5.92 Å². The second-order valence-electron chi connectivity index (χ2n) is 5.19. The normalized spacial score (nSPS) is 18.9. The zero-order chi connectivity index (χ0) is 11.4. The maximum atomic E-state index is 3.67. The van der Waals surface area contributed by atoms with Gasteiger partial charge in [-0.25, -0.2) is 0 Å². The lowest BCUT2D eigenvalue weighted by Gasteiger charge is -2.17. The minimum absolute atomic E-state index is 0.487. The average Bonchev–Trinajstić information content (AvgIpc) is 2.78. The Balaban J connectivity index is 1.85. The molecule has 1 nitrogen and oxygen atoms in total. The largest absolute Gasteiger partial charge is 0.310 e. The fraction of sp³-hybridized carbons (Fsp3) is 0.600. The van der Waals surface area contributed by atoms with E-state index in [1.807, 2.05) is 0 Å². The van der Waals surface area contributed by atoms with Crippen LogP contribution in [0.1, 0.15) is 49.8 Å². The molecule has 0 unspecified atom stereocenters. The van der Waals surface area contributed by atoms with Gasteiger partial charge in [-0.1, -0.05) is 42.7 Å². The van der Waals surface area contributed by atoms with Gasteiger partial charge in [0, 0.05) is 6.04 Å². The van der Waals surface area contributed by atoms with Crippen LogP contribution in [-0.2, 0) is 0 Å². The molecule has 0 bridgehead atoms. The first-order valence-electron chi connectivity index (χ1n) is 6.55. The number of benzene rings is 1. The Labute approximate surface area is 99.3 Å². The van der Waals surface area contributed by atoms with E-state index in [0.29, 0.717) is 6.04 Å². The number of rotatable bonds is 4. The van der Waals surface area contributed by atoms with Crippen LogP contribution < -0.4 is 5.32 Å². The van der Waals surface area contributed by atoms with Crippen molar-refractivity contribution in [2.75, 3.05) is 6.54 Å². The van der Waals surface area contributed by atoms with Crippen LogP contribution in [0.2, 0.25) is 0 Å². The summed E-state index contributed by atoms with van der Waals surface area (Å²) < 4.78 is 0. The lowest BCUT2D eigenvalue weighted by molar-refractivity contribution is 0.452. The molecule has 1 heteroatoms. The Morgan fingerprint density at radius 3 is 2.75 bits per heavy atom. The van der Waals surface area contributed by atoms with Gasteiger partial charge < -0.3 is 5.32 Å². The van der Waals surface area contributed by atoms with E-state index in [-0.39, 0.29) is 0 Å². The van der Waals surface area contributed by atoms with Gasteiger partial charge in [0.15, 0.2) is 0 Å². The molecule has 1 N–H and O–H groups in total. The molecule has 16 heavy (non-hydrogen) atoms. The fourth-order valence-corrected chi connectivity index (χ4v) is 2.62. The summed E-state index contributed by atoms with van der Waals surface area (Å²) in [7, 11) is 0. The van der Waals surface area contributed by atoms with E-state index in [1.165, 1.54) is 43.4 Å². The summed E-state index contributed by atoms with van der Waals surface area (Å²) in [6, 6.07) is 9.30. The number of hydrogen-bond donors (Lipinski definition) is 1. The Morgan fingerprint density at radius 1 is 1.31 bits per heavy atom. The summed E-state index contributed by atoms with van der Waals surface area (Å²) in [6.45, 7) is 5.62. The molecule has 1 aliphatic rings. The zero-order valence-electron chi connectivity index (χ0n) is 10.5. The van der Waals surface area contributed by atoms with Crippen molar-refractivity contribution in [3.63, 3.8) is 0 Å². The van der Waals surface area contributed by atoms with E-state index < -0.39 is 0 Å². The van der Waals surface area contributed by atoms with E-state index in [4.69, 9.17) is 0 Å². The molecule has 0 aromatic heterocycles. The minimum Gasteiger partial charge on any atom is -0.310 e. The molecule has 0 amide bonds. The summed E-state index contributed by atoms with van der Waals surface area (Å²) in [5.74, 6) is 0.923. The third kappa shape index (κ3) is 3.08. The average molecular weight is 217 g/mol. The minimum atomic E-state index is 0.487. The first kappa shape index (κ1) is 11.7. The highest BCUT2D eigenvalue weighted by Gasteiger charge is 2.15. The molecule has 2 rings (SSSR count). The van der Waals surface area contributed by atoms with Crippen LogP contribution in [0.4, 0.5) is 0 Å². The van der Waals surface area contributed by atoms with Gasteiger partial charge in [0.2, 0.25) is 0 Å². The van der Waals surface area contributed by atoms with E-state index in [2.05, 4.69) is 43.4 Å². The SMILES string of the molecule is Cc1cccc([C@@H](C)NCC2CCCC2)c1. The third-order valence-electron chi connectivity index (χ3n) is 3.73. The highest BCUT2D eigenvalue weighted by Crippen LogP contribution is 2.24. The lowest BCUT2D eigenvalue weighted by atomic mass is 10.0. The Kier molecular flexibility index (Phi) is 4.00. The second kappa shape index (κ2) is 5.49. The van der Waals surface area contributed by atoms with Gasteiger partial charge in [-0.05, 0) is 44.7 Å². The summed E-state index contributed by atoms with van der Waals surface area (Å²) in [5.41, 5.74) is 2.77. The van der Waals surface area contributed by atoms with Gasteiger partial charge in [-0.3, -0.25) is 0 Å². The summed E-state index contributed by atoms with van der Waals surface area (Å²) in [4.78, 5) is 0. The maximum absolute atomic E-state index is 3.67. The third-order valence-corrected chi connectivity index (χ3v) is 3.73. The van der Waals surface area contributed by atoms with Crippen molar-refractivity contribution in [2.45, 2.75) is 45.6 Å². The molecule has 1 aromatic rings. The van der Waals surface area contributed by atoms with Crippen LogP contribution in [0.25, 0.3) is 0 Å². The Morgan fingerprint density at radius 2 is 2.06 bits per heavy atom. The maximum Gasteiger partial charge on any atom is 0.0292 e. The van der Waals surface area contributed by atoms with Crippen LogP contribution in [0.3, 0.4) is 0 Å². The molecule has 88 valence electrons. The van der Waals surface area contributed by atoms with Crippen LogP contribution in [-0.4, -0.2) is 6.54 Å². The second-order valence-corrected chi connectivity index (χ2v) is 5.19. The number of nitrogens with one attached hydrogen (secondary N) is 1. The van der Waals surface area contributed by atoms with Crippen molar-refractivity contribution in [3.05, 3.63) is 35.4 Å². The van der Waals surface area contributed by atoms with Crippen LogP contribution >= 0.6 is 0 Å². The summed E-state index contributed by atoms with van der Waals surface area (Å²) in [5, 5.41) is 3.67. The van der Waals surface area contributed by atoms with Gasteiger partial charge >= 0.3 is 0 Å². The van der Waals surface area contributed by atoms with Gasteiger partial charge in [-0.2, -0.15) is 0 Å². The van der Waals surface area contributed by atoms with Crippen LogP contribution in [0.5, 0.6) is 0 Å². The van der Waals surface area contributed by atoms with Gasteiger partial charge in [-0.15, -0.1) is 0 Å². The first-order chi connectivity index (χ1) is 7.75. The molecule has 0 heterocycles. The molecule has 0 saturated heterocycles. The number of hydrogen-bond acceptors (Lipinski definition) is 1. The van der Waals surface area contributed by atoms with Crippen LogP contribution in [0.15, 0.2) is 24.3 Å². The fourth-order valence-electron chi connectivity index (χ4n) is 2.62. The van der Waals surface area contributed by atoms with Crippen molar-refractivity contribution in [2.24, 2.45) is 5.92 Å². The first-order valence-corrected chi connectivity index (χ1v) is 6.55. The van der Waals surface area contributed by atoms with Gasteiger partial charge in [0.25, 0.3) is 0 Å². The molecule has 0 spiro atoms. The molecular formula is C15H23N. The van der Waals surface area contributed by atoms with Crippen molar-refractivity contribution < 1.29 is 0 Å². The monoisotopic (exact) mass is 217 g/mol. The predicted molar refractivity (Wildman–Crippen MR) is 69.6 cm³/mol. The molecule has 0 radical (unpaired) electrons. The van der Waals surface area contributed by atoms with Crippen molar-refractivity contribution in [3.8, 4) is 0 Å². The molecule has 0 aliphatic heterocycles. The standard InChI is InChI=1S/C15H23N/c1-12-6-5-9-15(10-12)13(2)16-11-14-7-3-4-8-14/h5-6,9-10,13-14,16H,3-4,7-8,11H2,1-2H3/t13-/m1/s1. The summed E-state index contributed by atoms with van der Waals surface area (Å²) >= 11 is 0. The predicted octanol–water partition coefficient (Wildman–Crippen LogP) is 3.84. The van der Waals surface area contributed by atoms with E-state index >= 15 is 0 Å². The quantitative estimate of drug-likeness (QED) is 0.808. The van der Waals surface area contributed by atoms with E-state index in [9.17, 15) is 0 Å². The lowest BCUT2D eigenvalue weighted by Crippen LogP contribution is -2.24. The molecule has 1 aliphatic carbocycles. The summed E-state index contributed by atoms with van der Waals surface area (Å²) in [6.07, 6.45) is 5.72. The van der Waals surface area contributed by atoms with Crippen molar-refractivity contribution in [1.29, 1.82) is 0 Å². The molecule has 1 saturated carbocycles. The van der Waals surface area contributed by atoms with Crippen molar-refractivity contribution in [1.82, 2.24) is 5.32 Å². The van der Waals surface area contributed by atoms with Crippen molar-refractivity contribution >= 4 is 0 Å². The Bertz CT molecular complexity index is 326. The van der Waals surface area contributed by atoms with Crippen LogP contribution in [0, 0.1) is 12.8 Å². The highest BCUT2D eigenvalue weighted by molar-refractivity contribution is 5.24. The highest BCUT2D eigenvalue weighted by atomic mass is 14.9. The zero-order valence-corrected chi connectivity index (χ0v) is 10.5. The topological polar surface area (TPSA) is 12.0 Å². The molecular weight excluding hydrogens is 194 g/mol. The van der Waals surface area contributed by atoms with Gasteiger partial charge in [0.05, 0.1) is 0 Å². The molecule has 1 atom stereocenters. The molecule has 1 fully saturated rings. The molecule has 1 aromatic carbocycles. The van der Waals surface area contributed by atoms with Gasteiger partial charge in [0.1, 0.15) is 0 Å². The Hall–Kier alpha value is -0.820. The van der Waals surface area contributed by atoms with E-state index in [1.54, 1.807) is 0 Å². The number of aryl methyl sites for hydroxylation is 1.